The summed E-state index contributed by atoms with van der Waals surface area (Å²) in [5.41, 5.74) is 4.49. The molecule has 3 rings (SSSR count). The number of carbonyl (C=O) groups excluding carboxylic acids is 1. The highest BCUT2D eigenvalue weighted by Crippen LogP contribution is 2.25. The van der Waals surface area contributed by atoms with E-state index in [-0.39, 0.29) is 5.91 Å². The molecule has 1 amide bonds. The van der Waals surface area contributed by atoms with Crippen LogP contribution in [-0.4, -0.2) is 15.3 Å². The number of carbonyl (C=O) groups is 1. The molecular weight excluding hydrogens is 378 g/mol. The number of fused-ring (bicyclic) bond motifs is 1. The summed E-state index contributed by atoms with van der Waals surface area (Å²) >= 11 is 9.61. The fraction of sp³-hybridized carbons (Fsp3) is 0.176. The van der Waals surface area contributed by atoms with Gasteiger partial charge in [0.15, 0.2) is 5.65 Å². The maximum Gasteiger partial charge on any atom is 0.274 e. The van der Waals surface area contributed by atoms with Crippen LogP contribution < -0.4 is 5.32 Å². The Kier molecular flexibility index (Phi) is 4.17. The summed E-state index contributed by atoms with van der Waals surface area (Å²) in [5, 5.41) is 3.55. The van der Waals surface area contributed by atoms with Gasteiger partial charge in [0.1, 0.15) is 5.69 Å². The Morgan fingerprint density at radius 3 is 2.78 bits per heavy atom. The molecule has 0 unspecified atom stereocenters. The second kappa shape index (κ2) is 5.98. The molecule has 3 aromatic rings. The second-order valence-corrected chi connectivity index (χ2v) is 6.73. The average Bonchev–Trinajstić information content (AvgIpc) is 2.80. The number of hydrogen-bond donors (Lipinski definition) is 1. The van der Waals surface area contributed by atoms with Gasteiger partial charge < -0.3 is 5.32 Å². The van der Waals surface area contributed by atoms with Crippen molar-refractivity contribution in [3.63, 3.8) is 0 Å². The lowest BCUT2D eigenvalue weighted by Gasteiger charge is -2.10. The van der Waals surface area contributed by atoms with E-state index in [4.69, 9.17) is 11.6 Å². The van der Waals surface area contributed by atoms with Crippen LogP contribution in [0.3, 0.4) is 0 Å². The van der Waals surface area contributed by atoms with Crippen molar-refractivity contribution < 1.29 is 4.79 Å². The highest BCUT2D eigenvalue weighted by atomic mass is 79.9. The van der Waals surface area contributed by atoms with Crippen LogP contribution in [0, 0.1) is 20.8 Å². The lowest BCUT2D eigenvalue weighted by atomic mass is 10.2. The van der Waals surface area contributed by atoms with Gasteiger partial charge in [0.2, 0.25) is 0 Å². The molecule has 6 heteroatoms. The summed E-state index contributed by atoms with van der Waals surface area (Å²) < 4.78 is 2.67. The molecule has 0 saturated carbocycles. The minimum absolute atomic E-state index is 0.210. The number of imidazole rings is 1. The first-order valence-corrected chi connectivity index (χ1v) is 8.27. The van der Waals surface area contributed by atoms with Crippen LogP contribution in [0.1, 0.15) is 27.3 Å². The van der Waals surface area contributed by atoms with Crippen molar-refractivity contribution in [1.29, 1.82) is 0 Å². The Bertz CT molecular complexity index is 933. The van der Waals surface area contributed by atoms with Crippen molar-refractivity contribution in [2.24, 2.45) is 0 Å². The van der Waals surface area contributed by atoms with Crippen molar-refractivity contribution >= 4 is 44.8 Å². The molecule has 0 radical (unpaired) electrons. The predicted octanol–water partition coefficient (Wildman–Crippen LogP) is 4.93. The monoisotopic (exact) mass is 391 g/mol. The predicted molar refractivity (Wildman–Crippen MR) is 96.5 cm³/mol. The van der Waals surface area contributed by atoms with Crippen LogP contribution in [0.25, 0.3) is 5.65 Å². The quantitative estimate of drug-likeness (QED) is 0.672. The number of anilines is 1. The number of halogens is 2. The Hall–Kier alpha value is -1.85. The molecule has 0 aliphatic carbocycles. The van der Waals surface area contributed by atoms with Crippen LogP contribution in [-0.2, 0) is 0 Å². The van der Waals surface area contributed by atoms with Crippen LogP contribution in [0.2, 0.25) is 5.02 Å². The van der Waals surface area contributed by atoms with E-state index in [1.165, 1.54) is 0 Å². The van der Waals surface area contributed by atoms with Crippen molar-refractivity contribution in [2.45, 2.75) is 20.8 Å². The molecule has 0 atom stereocenters. The molecule has 1 N–H and O–H groups in total. The van der Waals surface area contributed by atoms with Crippen molar-refractivity contribution in [2.75, 3.05) is 5.32 Å². The van der Waals surface area contributed by atoms with Crippen LogP contribution in [0.4, 0.5) is 5.69 Å². The molecule has 4 nitrogen and oxygen atoms in total. The zero-order valence-corrected chi connectivity index (χ0v) is 15.3. The van der Waals surface area contributed by atoms with Gasteiger partial charge >= 0.3 is 0 Å². The third kappa shape index (κ3) is 2.86. The number of aromatic nitrogens is 2. The fourth-order valence-corrected chi connectivity index (χ4v) is 3.36. The lowest BCUT2D eigenvalue weighted by Crippen LogP contribution is -2.16. The minimum atomic E-state index is -0.210. The summed E-state index contributed by atoms with van der Waals surface area (Å²) in [7, 11) is 0. The zero-order chi connectivity index (χ0) is 16.7. The number of nitrogens with zero attached hydrogens (tertiary/aromatic N) is 2. The third-order valence-electron chi connectivity index (χ3n) is 3.72. The highest BCUT2D eigenvalue weighted by molar-refractivity contribution is 9.10. The van der Waals surface area contributed by atoms with Gasteiger partial charge in [0, 0.05) is 16.9 Å². The van der Waals surface area contributed by atoms with Crippen LogP contribution in [0.5, 0.6) is 0 Å². The maximum absolute atomic E-state index is 12.8. The first-order valence-electron chi connectivity index (χ1n) is 7.09. The molecule has 2 aromatic heterocycles. The summed E-state index contributed by atoms with van der Waals surface area (Å²) in [6, 6.07) is 7.42. The van der Waals surface area contributed by atoms with Gasteiger partial charge in [-0.2, -0.15) is 0 Å². The van der Waals surface area contributed by atoms with Gasteiger partial charge in [0.25, 0.3) is 5.91 Å². The highest BCUT2D eigenvalue weighted by Gasteiger charge is 2.19. The molecule has 0 aliphatic rings. The van der Waals surface area contributed by atoms with E-state index in [2.05, 4.69) is 26.2 Å². The Balaban J connectivity index is 2.08. The Labute approximate surface area is 147 Å². The molecule has 2 heterocycles. The number of aryl methyl sites for hydroxylation is 2. The number of rotatable bonds is 2. The average molecular weight is 393 g/mol. The summed E-state index contributed by atoms with van der Waals surface area (Å²) in [4.78, 5) is 17.3. The first-order chi connectivity index (χ1) is 10.9. The number of pyridine rings is 1. The van der Waals surface area contributed by atoms with Crippen molar-refractivity contribution in [3.05, 3.63) is 62.5 Å². The SMILES string of the molecule is Cc1cc(Br)c2nc(C)c(C(=O)Nc3cccc(Cl)c3C)n2c1. The smallest absolute Gasteiger partial charge is 0.274 e. The molecule has 1 aromatic carbocycles. The van der Waals surface area contributed by atoms with Crippen molar-refractivity contribution in [1.82, 2.24) is 9.38 Å². The van der Waals surface area contributed by atoms with Gasteiger partial charge in [-0.15, -0.1) is 0 Å². The summed E-state index contributed by atoms with van der Waals surface area (Å²) in [5.74, 6) is -0.210. The second-order valence-electron chi connectivity index (χ2n) is 5.47. The van der Waals surface area contributed by atoms with Gasteiger partial charge in [-0.25, -0.2) is 4.98 Å². The van der Waals surface area contributed by atoms with E-state index >= 15 is 0 Å². The van der Waals surface area contributed by atoms with Crippen LogP contribution >= 0.6 is 27.5 Å². The molecule has 0 spiro atoms. The number of amides is 1. The van der Waals surface area contributed by atoms with E-state index in [1.54, 1.807) is 6.07 Å². The molecule has 23 heavy (non-hydrogen) atoms. The standard InChI is InChI=1S/C17H15BrClN3O/c1-9-7-12(18)16-20-11(3)15(22(16)8-9)17(23)21-14-6-4-5-13(19)10(14)2/h4-8H,1-3H3,(H,21,23). The number of benzene rings is 1. The fourth-order valence-electron chi connectivity index (χ4n) is 2.54. The van der Waals surface area contributed by atoms with Crippen LogP contribution in [0.15, 0.2) is 34.9 Å². The van der Waals surface area contributed by atoms with E-state index < -0.39 is 0 Å². The Morgan fingerprint density at radius 1 is 1.30 bits per heavy atom. The molecule has 0 aliphatic heterocycles. The van der Waals surface area contributed by atoms with Gasteiger partial charge in [-0.1, -0.05) is 17.7 Å². The number of nitrogens with one attached hydrogen (secondary N) is 1. The summed E-state index contributed by atoms with van der Waals surface area (Å²) in [6.07, 6.45) is 1.90. The molecular formula is C17H15BrClN3O. The van der Waals surface area contributed by atoms with E-state index in [1.807, 2.05) is 49.6 Å². The summed E-state index contributed by atoms with van der Waals surface area (Å²) in [6.45, 7) is 5.68. The van der Waals surface area contributed by atoms with E-state index in [9.17, 15) is 4.79 Å². The zero-order valence-electron chi connectivity index (χ0n) is 12.9. The van der Waals surface area contributed by atoms with E-state index in [0.29, 0.717) is 22.1 Å². The first kappa shape index (κ1) is 16.0. The molecule has 118 valence electrons. The third-order valence-corrected chi connectivity index (χ3v) is 4.71. The van der Waals surface area contributed by atoms with Gasteiger partial charge in [-0.3, -0.25) is 9.20 Å². The van der Waals surface area contributed by atoms with Crippen molar-refractivity contribution in [3.8, 4) is 0 Å². The van der Waals surface area contributed by atoms with E-state index in [0.717, 1.165) is 21.2 Å². The maximum atomic E-state index is 12.8. The lowest BCUT2D eigenvalue weighted by molar-refractivity contribution is 0.102. The number of hydrogen-bond acceptors (Lipinski definition) is 2. The largest absolute Gasteiger partial charge is 0.320 e. The molecule has 0 saturated heterocycles. The molecule has 0 bridgehead atoms. The van der Waals surface area contributed by atoms with Gasteiger partial charge in [-0.05, 0) is 66.0 Å². The minimum Gasteiger partial charge on any atom is -0.320 e. The Morgan fingerprint density at radius 2 is 2.04 bits per heavy atom. The topological polar surface area (TPSA) is 46.4 Å². The normalized spacial score (nSPS) is 11.0. The molecule has 0 fully saturated rings. The van der Waals surface area contributed by atoms with Gasteiger partial charge in [0.05, 0.1) is 10.2 Å².